The summed E-state index contributed by atoms with van der Waals surface area (Å²) in [6, 6.07) is 14.8. The van der Waals surface area contributed by atoms with Gasteiger partial charge in [-0.3, -0.25) is 9.47 Å². The molecule has 3 aromatic rings. The maximum atomic E-state index is 11.0. The smallest absolute Gasteiger partial charge is 0.324 e. The number of fused-ring (bicyclic) bond motifs is 1. The molecule has 0 aliphatic rings. The first-order valence-corrected chi connectivity index (χ1v) is 9.15. The van der Waals surface area contributed by atoms with Crippen LogP contribution in [-0.4, -0.2) is 22.3 Å². The zero-order chi connectivity index (χ0) is 18.0. The highest BCUT2D eigenvalue weighted by Gasteiger charge is 2.16. The van der Waals surface area contributed by atoms with E-state index in [1.165, 1.54) is 16.0 Å². The van der Waals surface area contributed by atoms with Gasteiger partial charge in [0.2, 0.25) is 0 Å². The van der Waals surface area contributed by atoms with Crippen molar-refractivity contribution in [3.63, 3.8) is 0 Å². The summed E-state index contributed by atoms with van der Waals surface area (Å²) in [6.45, 7) is 6.13. The summed E-state index contributed by atoms with van der Waals surface area (Å²) in [4.78, 5) is 13.3. The molecule has 0 unspecified atom stereocenters. The van der Waals surface area contributed by atoms with Gasteiger partial charge in [0.1, 0.15) is 6.54 Å². The number of aromatic nitrogens is 1. The van der Waals surface area contributed by atoms with Crippen molar-refractivity contribution in [2.75, 3.05) is 12.0 Å². The van der Waals surface area contributed by atoms with E-state index in [0.29, 0.717) is 0 Å². The van der Waals surface area contributed by atoms with Crippen LogP contribution in [0.15, 0.2) is 52.3 Å². The number of benzene rings is 2. The Hall–Kier alpha value is -2.40. The number of carboxylic acids is 1. The van der Waals surface area contributed by atoms with E-state index in [-0.39, 0.29) is 6.54 Å². The lowest BCUT2D eigenvalue weighted by Gasteiger charge is -2.10. The summed E-state index contributed by atoms with van der Waals surface area (Å²) in [7, 11) is 0. The number of aryl methyl sites for hydroxylation is 2. The highest BCUT2D eigenvalue weighted by Crippen LogP contribution is 2.38. The third-order valence-electron chi connectivity index (χ3n) is 4.22. The van der Waals surface area contributed by atoms with Crippen LogP contribution < -0.4 is 5.43 Å². The van der Waals surface area contributed by atoms with Crippen LogP contribution >= 0.6 is 11.8 Å². The molecular weight excluding hydrogens is 332 g/mol. The largest absolute Gasteiger partial charge is 0.480 e. The average Bonchev–Trinajstić information content (AvgIpc) is 2.84. The summed E-state index contributed by atoms with van der Waals surface area (Å²) in [5, 5.41) is 10.1. The van der Waals surface area contributed by atoms with Gasteiger partial charge in [0, 0.05) is 15.2 Å². The lowest BCUT2D eigenvalue weighted by molar-refractivity contribution is -0.135. The Balaban J connectivity index is 2.08. The second-order valence-corrected chi connectivity index (χ2v) is 7.19. The van der Waals surface area contributed by atoms with Crippen LogP contribution in [0.2, 0.25) is 0 Å². The second-order valence-electron chi connectivity index (χ2n) is 6.10. The van der Waals surface area contributed by atoms with Gasteiger partial charge in [-0.15, -0.1) is 0 Å². The van der Waals surface area contributed by atoms with Gasteiger partial charge in [-0.05, 0) is 50.1 Å². The molecule has 0 bridgehead atoms. The van der Waals surface area contributed by atoms with E-state index in [1.54, 1.807) is 11.8 Å². The van der Waals surface area contributed by atoms with E-state index in [1.807, 2.05) is 23.7 Å². The van der Waals surface area contributed by atoms with E-state index in [9.17, 15) is 4.79 Å². The molecule has 0 aliphatic carbocycles. The van der Waals surface area contributed by atoms with Crippen LogP contribution in [0.5, 0.6) is 0 Å². The zero-order valence-corrected chi connectivity index (χ0v) is 15.5. The third-order valence-corrected chi connectivity index (χ3v) is 5.43. The summed E-state index contributed by atoms with van der Waals surface area (Å²) >= 11 is 1.73. The molecule has 0 aliphatic heterocycles. The van der Waals surface area contributed by atoms with Crippen molar-refractivity contribution < 1.29 is 9.90 Å². The first-order valence-electron chi connectivity index (χ1n) is 8.33. The minimum Gasteiger partial charge on any atom is -0.480 e. The number of aliphatic carboxylic acids is 1. The lowest BCUT2D eigenvalue weighted by Crippen LogP contribution is -2.22. The Bertz CT molecular complexity index is 931. The fourth-order valence-corrected chi connectivity index (χ4v) is 4.03. The van der Waals surface area contributed by atoms with Gasteiger partial charge < -0.3 is 10.5 Å². The number of carbonyl (C=O) groups is 1. The fraction of sp³-hybridized carbons (Fsp3) is 0.250. The normalized spacial score (nSPS) is 11.0. The molecule has 3 rings (SSSR count). The number of hydrogen-bond acceptors (Lipinski definition) is 3. The molecule has 0 radical (unpaired) electrons. The minimum absolute atomic E-state index is 0.117. The summed E-state index contributed by atoms with van der Waals surface area (Å²) in [5.41, 5.74) is 7.53. The van der Waals surface area contributed by atoms with Crippen LogP contribution in [0.3, 0.4) is 0 Å². The van der Waals surface area contributed by atoms with Crippen molar-refractivity contribution in [2.24, 2.45) is 0 Å². The van der Waals surface area contributed by atoms with Gasteiger partial charge in [-0.25, -0.2) is 0 Å². The van der Waals surface area contributed by atoms with Gasteiger partial charge in [0.15, 0.2) is 0 Å². The molecular formula is C20H22N2O2S. The minimum atomic E-state index is -0.877. The number of hydrogen-bond donors (Lipinski definition) is 2. The van der Waals surface area contributed by atoms with Gasteiger partial charge in [-0.2, -0.15) is 0 Å². The van der Waals surface area contributed by atoms with E-state index in [2.05, 4.69) is 49.6 Å². The zero-order valence-electron chi connectivity index (χ0n) is 14.7. The summed E-state index contributed by atoms with van der Waals surface area (Å²) in [6.07, 6.45) is 1.01. The van der Waals surface area contributed by atoms with Crippen molar-refractivity contribution in [3.8, 4) is 0 Å². The molecule has 25 heavy (non-hydrogen) atoms. The fourth-order valence-electron chi connectivity index (χ4n) is 2.93. The third kappa shape index (κ3) is 3.66. The highest BCUT2D eigenvalue weighted by atomic mass is 32.2. The Kier molecular flexibility index (Phi) is 5.04. The number of rotatable bonds is 6. The Morgan fingerprint density at radius 3 is 2.72 bits per heavy atom. The summed E-state index contributed by atoms with van der Waals surface area (Å²) in [5.74, 6) is -0.877. The second kappa shape index (κ2) is 7.23. The quantitative estimate of drug-likeness (QED) is 0.679. The first-order chi connectivity index (χ1) is 12.0. The van der Waals surface area contributed by atoms with E-state index < -0.39 is 5.97 Å². The van der Waals surface area contributed by atoms with Crippen LogP contribution in [0.1, 0.15) is 23.7 Å². The predicted octanol–water partition coefficient (Wildman–Crippen LogP) is 4.60. The molecule has 0 amide bonds. The first kappa shape index (κ1) is 17.4. The Labute approximate surface area is 151 Å². The van der Waals surface area contributed by atoms with Gasteiger partial charge in [0.05, 0.1) is 11.2 Å². The monoisotopic (exact) mass is 354 g/mol. The van der Waals surface area contributed by atoms with Crippen molar-refractivity contribution in [2.45, 2.75) is 37.0 Å². The van der Waals surface area contributed by atoms with Gasteiger partial charge >= 0.3 is 5.97 Å². The molecule has 1 heterocycles. The Morgan fingerprint density at radius 2 is 2.00 bits per heavy atom. The van der Waals surface area contributed by atoms with Crippen molar-refractivity contribution in [3.05, 3.63) is 59.3 Å². The van der Waals surface area contributed by atoms with Crippen LogP contribution in [-0.2, 0) is 11.2 Å². The van der Waals surface area contributed by atoms with E-state index in [4.69, 9.17) is 5.11 Å². The maximum Gasteiger partial charge on any atom is 0.324 e. The van der Waals surface area contributed by atoms with E-state index in [0.717, 1.165) is 27.9 Å². The van der Waals surface area contributed by atoms with E-state index >= 15 is 0 Å². The molecule has 2 N–H and O–H groups in total. The maximum absolute atomic E-state index is 11.0. The molecule has 130 valence electrons. The summed E-state index contributed by atoms with van der Waals surface area (Å²) < 4.78 is 1.88. The van der Waals surface area contributed by atoms with Crippen LogP contribution in [0, 0.1) is 13.8 Å². The molecule has 0 saturated carbocycles. The number of nitrogens with zero attached hydrogens (tertiary/aromatic N) is 1. The molecule has 0 saturated heterocycles. The number of nitrogens with one attached hydrogen (secondary N) is 1. The lowest BCUT2D eigenvalue weighted by atomic mass is 10.2. The van der Waals surface area contributed by atoms with Crippen LogP contribution in [0.25, 0.3) is 10.9 Å². The molecule has 4 nitrogen and oxygen atoms in total. The van der Waals surface area contributed by atoms with Crippen molar-refractivity contribution in [1.82, 2.24) is 4.68 Å². The average molecular weight is 354 g/mol. The molecule has 5 heteroatoms. The SMILES string of the molecule is CCc1cccc(Sc2c(C)n(NCC(=O)O)c3ccc(C)cc23)c1. The van der Waals surface area contributed by atoms with Gasteiger partial charge in [-0.1, -0.05) is 42.4 Å². The van der Waals surface area contributed by atoms with Crippen molar-refractivity contribution in [1.29, 1.82) is 0 Å². The molecule has 0 spiro atoms. The van der Waals surface area contributed by atoms with Gasteiger partial charge in [0.25, 0.3) is 0 Å². The highest BCUT2D eigenvalue weighted by molar-refractivity contribution is 7.99. The Morgan fingerprint density at radius 1 is 1.20 bits per heavy atom. The van der Waals surface area contributed by atoms with Crippen molar-refractivity contribution >= 4 is 28.6 Å². The molecule has 2 aromatic carbocycles. The standard InChI is InChI=1S/C20H22N2O2S/c1-4-15-6-5-7-16(11-15)25-20-14(3)22(21-12-19(23)24)18-9-8-13(2)10-17(18)20/h5-11,21H,4,12H2,1-3H3,(H,23,24). The molecule has 0 atom stereocenters. The predicted molar refractivity (Wildman–Crippen MR) is 103 cm³/mol. The van der Waals surface area contributed by atoms with Crippen LogP contribution in [0.4, 0.5) is 0 Å². The topological polar surface area (TPSA) is 54.3 Å². The number of carboxylic acid groups (broad SMARTS) is 1. The molecule has 1 aromatic heterocycles. The molecule has 0 fully saturated rings.